The van der Waals surface area contributed by atoms with Gasteiger partial charge in [0.05, 0.1) is 6.54 Å². The summed E-state index contributed by atoms with van der Waals surface area (Å²) in [4.78, 5) is 49.2. The van der Waals surface area contributed by atoms with Gasteiger partial charge < -0.3 is 26.8 Å². The maximum Gasteiger partial charge on any atom is 0.326 e. The molecular formula is C23H28N4O5S. The van der Waals surface area contributed by atoms with E-state index in [0.717, 1.165) is 11.1 Å². The Morgan fingerprint density at radius 2 is 1.21 bits per heavy atom. The van der Waals surface area contributed by atoms with Crippen LogP contribution in [0.4, 0.5) is 0 Å². The SMILES string of the molecule is NCC(=O)NC(CS)C(=O)NC(Cc1ccccc1)C(=O)NC(Cc1ccccc1)C(=O)O. The first kappa shape index (κ1) is 25.9. The van der Waals surface area contributed by atoms with Crippen LogP contribution < -0.4 is 21.7 Å². The third kappa shape index (κ3) is 8.59. The van der Waals surface area contributed by atoms with Crippen LogP contribution in [-0.4, -0.2) is 59.2 Å². The first-order chi connectivity index (χ1) is 15.8. The molecule has 0 aliphatic carbocycles. The highest BCUT2D eigenvalue weighted by atomic mass is 32.1. The summed E-state index contributed by atoms with van der Waals surface area (Å²) in [5, 5.41) is 17.2. The minimum absolute atomic E-state index is 0.0109. The van der Waals surface area contributed by atoms with Gasteiger partial charge >= 0.3 is 5.97 Å². The number of thiol groups is 1. The average Bonchev–Trinajstić information content (AvgIpc) is 2.82. The van der Waals surface area contributed by atoms with Crippen LogP contribution >= 0.6 is 12.6 Å². The van der Waals surface area contributed by atoms with E-state index in [-0.39, 0.29) is 25.1 Å². The number of amides is 3. The quantitative estimate of drug-likeness (QED) is 0.238. The van der Waals surface area contributed by atoms with E-state index >= 15 is 0 Å². The Bertz CT molecular complexity index is 942. The summed E-state index contributed by atoms with van der Waals surface area (Å²) < 4.78 is 0. The van der Waals surface area contributed by atoms with Crippen molar-refractivity contribution >= 4 is 36.3 Å². The van der Waals surface area contributed by atoms with Crippen molar-refractivity contribution in [1.29, 1.82) is 0 Å². The minimum atomic E-state index is -1.19. The topological polar surface area (TPSA) is 151 Å². The maximum absolute atomic E-state index is 13.1. The van der Waals surface area contributed by atoms with Crippen molar-refractivity contribution < 1.29 is 24.3 Å². The second-order valence-corrected chi connectivity index (χ2v) is 7.71. The standard InChI is InChI=1S/C23H28N4O5S/c24-13-20(28)25-19(14-33)22(30)26-17(11-15-7-3-1-4-8-15)21(29)27-18(23(31)32)12-16-9-5-2-6-10-16/h1-10,17-19,33H,11-14,24H2,(H,25,28)(H,26,30)(H,27,29)(H,31,32). The van der Waals surface area contributed by atoms with Gasteiger partial charge in [0, 0.05) is 18.6 Å². The molecule has 0 aromatic heterocycles. The van der Waals surface area contributed by atoms with E-state index in [1.165, 1.54) is 0 Å². The second kappa shape index (κ2) is 13.2. The summed E-state index contributed by atoms with van der Waals surface area (Å²) >= 11 is 4.09. The molecule has 10 heteroatoms. The van der Waals surface area contributed by atoms with Gasteiger partial charge in [0.15, 0.2) is 0 Å². The fraction of sp³-hybridized carbons (Fsp3) is 0.304. The van der Waals surface area contributed by atoms with Crippen LogP contribution in [0.15, 0.2) is 60.7 Å². The Balaban J connectivity index is 2.18. The van der Waals surface area contributed by atoms with Gasteiger partial charge in [-0.05, 0) is 11.1 Å². The van der Waals surface area contributed by atoms with Crippen LogP contribution in [0, 0.1) is 0 Å². The van der Waals surface area contributed by atoms with E-state index in [9.17, 15) is 24.3 Å². The normalized spacial score (nSPS) is 13.3. The Hall–Kier alpha value is -3.37. The highest BCUT2D eigenvalue weighted by Crippen LogP contribution is 2.07. The highest BCUT2D eigenvalue weighted by Gasteiger charge is 2.29. The summed E-state index contributed by atoms with van der Waals surface area (Å²) in [5.41, 5.74) is 6.79. The van der Waals surface area contributed by atoms with Crippen LogP contribution in [0.2, 0.25) is 0 Å². The van der Waals surface area contributed by atoms with Gasteiger partial charge in [-0.3, -0.25) is 14.4 Å². The lowest BCUT2D eigenvalue weighted by molar-refractivity contribution is -0.142. The highest BCUT2D eigenvalue weighted by molar-refractivity contribution is 7.80. The van der Waals surface area contributed by atoms with Crippen LogP contribution in [0.5, 0.6) is 0 Å². The third-order valence-electron chi connectivity index (χ3n) is 4.83. The fourth-order valence-corrected chi connectivity index (χ4v) is 3.36. The lowest BCUT2D eigenvalue weighted by Crippen LogP contribution is -2.57. The monoisotopic (exact) mass is 472 g/mol. The van der Waals surface area contributed by atoms with Gasteiger partial charge in [-0.1, -0.05) is 60.7 Å². The molecule has 0 aliphatic rings. The molecule has 0 aliphatic heterocycles. The van der Waals surface area contributed by atoms with Gasteiger partial charge in [0.1, 0.15) is 18.1 Å². The van der Waals surface area contributed by atoms with Gasteiger partial charge in [-0.15, -0.1) is 0 Å². The number of aliphatic carboxylic acids is 1. The van der Waals surface area contributed by atoms with E-state index in [2.05, 4.69) is 28.6 Å². The number of rotatable bonds is 12. The summed E-state index contributed by atoms with van der Waals surface area (Å²) in [7, 11) is 0. The molecule has 2 aromatic carbocycles. The number of nitrogens with one attached hydrogen (secondary N) is 3. The van der Waals surface area contributed by atoms with Crippen molar-refractivity contribution in [3.63, 3.8) is 0 Å². The zero-order valence-electron chi connectivity index (χ0n) is 17.9. The van der Waals surface area contributed by atoms with Crippen molar-refractivity contribution in [2.24, 2.45) is 5.73 Å². The predicted molar refractivity (Wildman–Crippen MR) is 127 cm³/mol. The fourth-order valence-electron chi connectivity index (χ4n) is 3.10. The first-order valence-corrected chi connectivity index (χ1v) is 11.0. The van der Waals surface area contributed by atoms with Crippen molar-refractivity contribution in [2.45, 2.75) is 31.0 Å². The van der Waals surface area contributed by atoms with Crippen molar-refractivity contribution in [3.8, 4) is 0 Å². The Labute approximate surface area is 197 Å². The van der Waals surface area contributed by atoms with Gasteiger partial charge in [-0.25, -0.2) is 4.79 Å². The number of carbonyl (C=O) groups is 4. The van der Waals surface area contributed by atoms with Crippen molar-refractivity contribution in [1.82, 2.24) is 16.0 Å². The molecule has 3 amide bonds. The molecule has 0 saturated carbocycles. The molecular weight excluding hydrogens is 444 g/mol. The van der Waals surface area contributed by atoms with E-state index in [1.807, 2.05) is 12.1 Å². The molecule has 2 aromatic rings. The molecule has 6 N–H and O–H groups in total. The third-order valence-corrected chi connectivity index (χ3v) is 5.20. The average molecular weight is 473 g/mol. The number of carbonyl (C=O) groups excluding carboxylic acids is 3. The van der Waals surface area contributed by atoms with E-state index in [1.54, 1.807) is 48.5 Å². The Morgan fingerprint density at radius 3 is 1.67 bits per heavy atom. The largest absolute Gasteiger partial charge is 0.480 e. The number of nitrogens with two attached hydrogens (primary N) is 1. The molecule has 176 valence electrons. The van der Waals surface area contributed by atoms with Gasteiger partial charge in [0.25, 0.3) is 0 Å². The number of hydrogen-bond acceptors (Lipinski definition) is 6. The minimum Gasteiger partial charge on any atom is -0.480 e. The van der Waals surface area contributed by atoms with Crippen molar-refractivity contribution in [3.05, 3.63) is 71.8 Å². The van der Waals surface area contributed by atoms with Crippen LogP contribution in [0.3, 0.4) is 0 Å². The first-order valence-electron chi connectivity index (χ1n) is 10.4. The molecule has 9 nitrogen and oxygen atoms in total. The lowest BCUT2D eigenvalue weighted by Gasteiger charge is -2.24. The maximum atomic E-state index is 13.1. The summed E-state index contributed by atoms with van der Waals surface area (Å²) in [6.45, 7) is -0.300. The zero-order chi connectivity index (χ0) is 24.2. The summed E-state index contributed by atoms with van der Waals surface area (Å²) in [6.07, 6.45) is 0.208. The van der Waals surface area contributed by atoms with E-state index < -0.39 is 41.8 Å². The van der Waals surface area contributed by atoms with E-state index in [0.29, 0.717) is 0 Å². The molecule has 0 radical (unpaired) electrons. The number of hydrogen-bond donors (Lipinski definition) is 6. The molecule has 33 heavy (non-hydrogen) atoms. The predicted octanol–water partition coefficient (Wildman–Crippen LogP) is -0.101. The van der Waals surface area contributed by atoms with Crippen LogP contribution in [0.1, 0.15) is 11.1 Å². The number of carboxylic acid groups (broad SMARTS) is 1. The van der Waals surface area contributed by atoms with Crippen molar-refractivity contribution in [2.75, 3.05) is 12.3 Å². The molecule has 0 bridgehead atoms. The molecule has 3 unspecified atom stereocenters. The molecule has 0 fully saturated rings. The Morgan fingerprint density at radius 1 is 0.758 bits per heavy atom. The zero-order valence-corrected chi connectivity index (χ0v) is 18.8. The smallest absolute Gasteiger partial charge is 0.326 e. The lowest BCUT2D eigenvalue weighted by atomic mass is 10.0. The van der Waals surface area contributed by atoms with Crippen LogP contribution in [-0.2, 0) is 32.0 Å². The Kier molecular flexibility index (Phi) is 10.4. The molecule has 0 spiro atoms. The summed E-state index contributed by atoms with van der Waals surface area (Å²) in [5.74, 6) is -3.03. The second-order valence-electron chi connectivity index (χ2n) is 7.35. The molecule has 0 heterocycles. The van der Waals surface area contributed by atoms with Gasteiger partial charge in [0.2, 0.25) is 17.7 Å². The van der Waals surface area contributed by atoms with Crippen LogP contribution in [0.25, 0.3) is 0 Å². The molecule has 2 rings (SSSR count). The van der Waals surface area contributed by atoms with Gasteiger partial charge in [-0.2, -0.15) is 12.6 Å². The number of carboxylic acids is 1. The number of benzene rings is 2. The molecule has 3 atom stereocenters. The summed E-state index contributed by atoms with van der Waals surface area (Å²) in [6, 6.07) is 14.6. The van der Waals surface area contributed by atoms with E-state index in [4.69, 9.17) is 5.73 Å². The molecule has 0 saturated heterocycles.